The topological polar surface area (TPSA) is 135 Å². The van der Waals surface area contributed by atoms with E-state index in [4.69, 9.17) is 14.3 Å². The van der Waals surface area contributed by atoms with E-state index in [0.29, 0.717) is 42.6 Å². The number of carbonyl (C=O) groups is 2. The number of hydroxylamine groups is 2. The summed E-state index contributed by atoms with van der Waals surface area (Å²) in [6.07, 6.45) is 3.54. The summed E-state index contributed by atoms with van der Waals surface area (Å²) in [5.41, 5.74) is 3.86. The Balaban J connectivity index is 0.000000184. The highest BCUT2D eigenvalue weighted by molar-refractivity contribution is 9.10. The van der Waals surface area contributed by atoms with Crippen LogP contribution in [0.4, 0.5) is 0 Å². The van der Waals surface area contributed by atoms with E-state index in [2.05, 4.69) is 41.8 Å². The Morgan fingerprint density at radius 1 is 0.724 bits per heavy atom. The fourth-order valence-corrected chi connectivity index (χ4v) is 7.37. The normalized spacial score (nSPS) is 12.9. The van der Waals surface area contributed by atoms with Gasteiger partial charge in [0.25, 0.3) is 5.91 Å². The molecule has 12 nitrogen and oxygen atoms in total. The number of pyridine rings is 4. The van der Waals surface area contributed by atoms with Crippen molar-refractivity contribution in [1.82, 2.24) is 24.2 Å². The van der Waals surface area contributed by atoms with Gasteiger partial charge in [-0.3, -0.25) is 24.0 Å². The van der Waals surface area contributed by atoms with Gasteiger partial charge in [0.05, 0.1) is 61.4 Å². The summed E-state index contributed by atoms with van der Waals surface area (Å²) in [6, 6.07) is 32.9. The van der Waals surface area contributed by atoms with Gasteiger partial charge in [-0.2, -0.15) is 0 Å². The number of aromatic nitrogens is 4. The highest BCUT2D eigenvalue weighted by Gasteiger charge is 2.22. The van der Waals surface area contributed by atoms with Crippen molar-refractivity contribution in [2.75, 3.05) is 27.4 Å². The number of rotatable bonds is 9. The number of fused-ring (bicyclic) bond motifs is 2. The smallest absolute Gasteiger partial charge is 0.282 e. The van der Waals surface area contributed by atoms with E-state index in [1.807, 2.05) is 75.9 Å². The molecule has 0 N–H and O–H groups in total. The average Bonchev–Trinajstić information content (AvgIpc) is 3.25. The second-order valence-electron chi connectivity index (χ2n) is 13.3. The highest BCUT2D eigenvalue weighted by Crippen LogP contribution is 2.25. The molecule has 0 atom stereocenters. The van der Waals surface area contributed by atoms with Gasteiger partial charge in [0.2, 0.25) is 10.9 Å². The third kappa shape index (κ3) is 9.06. The zero-order valence-corrected chi connectivity index (χ0v) is 34.7. The maximum absolute atomic E-state index is 13.5. The third-order valence-electron chi connectivity index (χ3n) is 9.47. The Hall–Kier alpha value is -5.64. The Kier molecular flexibility index (Phi) is 12.8. The molecular weight excluding hydrogens is 870 g/mol. The lowest BCUT2D eigenvalue weighted by atomic mass is 10.00. The fraction of sp³-hybridized carbons (Fsp3) is 0.182. The summed E-state index contributed by atoms with van der Waals surface area (Å²) in [5.74, 6) is -0.825. The molecule has 0 spiro atoms. The molecule has 1 saturated heterocycles. The SMILES string of the molecule is CON(C)C(=O)c1cn(Cc2cccc(Br)n2)c2ccccc2c1=O.O=C(c1cccc(C2OCCCO2)c1)c1cn(Cc2cccc(Br)n2)c2ccccc2c1=O. The molecule has 4 aromatic heterocycles. The van der Waals surface area contributed by atoms with Crippen LogP contribution in [0.5, 0.6) is 0 Å². The number of hydrogen-bond acceptors (Lipinski definition) is 9. The molecule has 0 aliphatic carbocycles. The van der Waals surface area contributed by atoms with Crippen LogP contribution >= 0.6 is 31.9 Å². The minimum absolute atomic E-state index is 0.0537. The summed E-state index contributed by atoms with van der Waals surface area (Å²) in [7, 11) is 2.85. The molecule has 0 radical (unpaired) electrons. The molecule has 0 bridgehead atoms. The Morgan fingerprint density at radius 3 is 1.79 bits per heavy atom. The van der Waals surface area contributed by atoms with Gasteiger partial charge in [-0.05, 0) is 92.9 Å². The molecule has 1 fully saturated rings. The summed E-state index contributed by atoms with van der Waals surface area (Å²) < 4.78 is 16.5. The second-order valence-corrected chi connectivity index (χ2v) is 14.9. The van der Waals surface area contributed by atoms with E-state index in [-0.39, 0.29) is 27.8 Å². The van der Waals surface area contributed by atoms with E-state index in [9.17, 15) is 19.2 Å². The van der Waals surface area contributed by atoms with Crippen LogP contribution in [0.2, 0.25) is 0 Å². The Labute approximate surface area is 349 Å². The molecule has 1 aliphatic heterocycles. The Bertz CT molecular complexity index is 2770. The molecule has 5 heterocycles. The molecule has 1 amide bonds. The van der Waals surface area contributed by atoms with Gasteiger partial charge in [0.1, 0.15) is 14.8 Å². The lowest BCUT2D eigenvalue weighted by Gasteiger charge is -2.23. The van der Waals surface area contributed by atoms with Crippen molar-refractivity contribution in [3.63, 3.8) is 0 Å². The van der Waals surface area contributed by atoms with Crippen molar-refractivity contribution >= 4 is 65.4 Å². The standard InChI is InChI=1S/C26H21BrN2O4.C18H16BrN3O3/c27-23-11-4-8-19(28-23)15-29-16-21(25(31)20-9-1-2-10-22(20)29)24(30)17-6-3-7-18(14-17)26-32-12-5-13-33-26;1-21(25-2)18(24)14-11-22(10-12-6-5-9-16(19)20-12)15-8-4-3-7-13(15)17(14)23/h1-4,6-11,14,16,26H,5,12-13,15H2;3-9,11H,10H2,1-2H3. The number of ether oxygens (including phenoxy) is 2. The summed E-state index contributed by atoms with van der Waals surface area (Å²) >= 11 is 6.75. The van der Waals surface area contributed by atoms with Crippen LogP contribution < -0.4 is 10.9 Å². The van der Waals surface area contributed by atoms with Gasteiger partial charge in [0, 0.05) is 41.3 Å². The number of para-hydroxylation sites is 2. The van der Waals surface area contributed by atoms with E-state index in [1.54, 1.807) is 54.9 Å². The van der Waals surface area contributed by atoms with Crippen LogP contribution in [-0.4, -0.2) is 63.2 Å². The van der Waals surface area contributed by atoms with E-state index in [1.165, 1.54) is 14.2 Å². The van der Waals surface area contributed by atoms with Crippen LogP contribution in [0, 0.1) is 0 Å². The maximum atomic E-state index is 13.5. The molecule has 294 valence electrons. The average molecular weight is 908 g/mol. The van der Waals surface area contributed by atoms with Crippen molar-refractivity contribution in [1.29, 1.82) is 0 Å². The van der Waals surface area contributed by atoms with Gasteiger partial charge >= 0.3 is 0 Å². The van der Waals surface area contributed by atoms with Crippen molar-refractivity contribution in [3.8, 4) is 0 Å². The van der Waals surface area contributed by atoms with E-state index < -0.39 is 12.2 Å². The fourth-order valence-electron chi connectivity index (χ4n) is 6.61. The lowest BCUT2D eigenvalue weighted by molar-refractivity contribution is -0.183. The number of hydrogen-bond donors (Lipinski definition) is 0. The predicted molar refractivity (Wildman–Crippen MR) is 227 cm³/mol. The second kappa shape index (κ2) is 18.3. The molecule has 14 heteroatoms. The van der Waals surface area contributed by atoms with Gasteiger partial charge < -0.3 is 18.6 Å². The highest BCUT2D eigenvalue weighted by atomic mass is 79.9. The monoisotopic (exact) mass is 905 g/mol. The number of amides is 1. The third-order valence-corrected chi connectivity index (χ3v) is 10.4. The molecule has 0 unspecified atom stereocenters. The van der Waals surface area contributed by atoms with Gasteiger partial charge in [-0.1, -0.05) is 54.6 Å². The molecule has 0 saturated carbocycles. The van der Waals surface area contributed by atoms with Gasteiger partial charge in [0.15, 0.2) is 12.1 Å². The van der Waals surface area contributed by atoms with Crippen molar-refractivity contribution in [2.45, 2.75) is 25.8 Å². The quantitative estimate of drug-likeness (QED) is 0.0811. The summed E-state index contributed by atoms with van der Waals surface area (Å²) in [6.45, 7) is 2.07. The van der Waals surface area contributed by atoms with Gasteiger partial charge in [-0.25, -0.2) is 15.0 Å². The summed E-state index contributed by atoms with van der Waals surface area (Å²) in [5, 5.41) is 2.01. The first-order chi connectivity index (χ1) is 28.1. The minimum atomic E-state index is -0.498. The molecule has 8 rings (SSSR count). The molecule has 58 heavy (non-hydrogen) atoms. The predicted octanol–water partition coefficient (Wildman–Crippen LogP) is 7.71. The molecular formula is C44H37Br2N5O7. The zero-order chi connectivity index (χ0) is 40.8. The van der Waals surface area contributed by atoms with Crippen LogP contribution in [-0.2, 0) is 27.4 Å². The van der Waals surface area contributed by atoms with Crippen LogP contribution in [0.3, 0.4) is 0 Å². The van der Waals surface area contributed by atoms with Crippen LogP contribution in [0.1, 0.15) is 55.9 Å². The summed E-state index contributed by atoms with van der Waals surface area (Å²) in [4.78, 5) is 65.8. The van der Waals surface area contributed by atoms with Crippen molar-refractivity contribution in [2.24, 2.45) is 0 Å². The first-order valence-electron chi connectivity index (χ1n) is 18.3. The van der Waals surface area contributed by atoms with Crippen LogP contribution in [0.25, 0.3) is 21.8 Å². The molecule has 7 aromatic rings. The van der Waals surface area contributed by atoms with Gasteiger partial charge in [-0.15, -0.1) is 0 Å². The molecule has 3 aromatic carbocycles. The number of nitrogens with zero attached hydrogens (tertiary/aromatic N) is 5. The number of ketones is 1. The number of benzene rings is 3. The lowest BCUT2D eigenvalue weighted by Crippen LogP contribution is -2.31. The van der Waals surface area contributed by atoms with E-state index in [0.717, 1.165) is 48.7 Å². The van der Waals surface area contributed by atoms with E-state index >= 15 is 0 Å². The van der Waals surface area contributed by atoms with Crippen molar-refractivity contribution in [3.05, 3.63) is 185 Å². The zero-order valence-electron chi connectivity index (χ0n) is 31.5. The first kappa shape index (κ1) is 40.6. The molecule has 1 aliphatic rings. The van der Waals surface area contributed by atoms with Crippen LogP contribution in [0.15, 0.2) is 140 Å². The van der Waals surface area contributed by atoms with Crippen molar-refractivity contribution < 1.29 is 23.9 Å². The number of halogens is 2. The first-order valence-corrected chi connectivity index (χ1v) is 19.9. The largest absolute Gasteiger partial charge is 0.348 e. The maximum Gasteiger partial charge on any atom is 0.282 e. The number of carbonyl (C=O) groups excluding carboxylic acids is 2. The Morgan fingerprint density at radius 2 is 1.24 bits per heavy atom. The minimum Gasteiger partial charge on any atom is -0.348 e.